The van der Waals surface area contributed by atoms with Crippen LogP contribution in [0.2, 0.25) is 0 Å². The van der Waals surface area contributed by atoms with Crippen molar-refractivity contribution in [2.24, 2.45) is 0 Å². The minimum Gasteiger partial charge on any atom is -0.479 e. The summed E-state index contributed by atoms with van der Waals surface area (Å²) in [5.41, 5.74) is -0.176. The summed E-state index contributed by atoms with van der Waals surface area (Å²) in [7, 11) is 0. The second kappa shape index (κ2) is 6.90. The van der Waals surface area contributed by atoms with Crippen molar-refractivity contribution < 1.29 is 19.1 Å². The van der Waals surface area contributed by atoms with E-state index < -0.39 is 11.6 Å². The summed E-state index contributed by atoms with van der Waals surface area (Å²) in [6, 6.07) is 7.86. The highest BCUT2D eigenvalue weighted by molar-refractivity contribution is 5.83. The van der Waals surface area contributed by atoms with Crippen LogP contribution in [0.1, 0.15) is 37.3 Å². The molecule has 1 atom stereocenters. The summed E-state index contributed by atoms with van der Waals surface area (Å²) in [6.45, 7) is 1.96. The topological polar surface area (TPSA) is 57.6 Å². The quantitative estimate of drug-likeness (QED) is 0.879. The zero-order chi connectivity index (χ0) is 16.2. The first-order valence-electron chi connectivity index (χ1n) is 7.72. The van der Waals surface area contributed by atoms with E-state index in [1.807, 2.05) is 24.3 Å². The molecule has 1 aromatic carbocycles. The third kappa shape index (κ3) is 3.84. The average Bonchev–Trinajstić information content (AvgIpc) is 2.91. The first kappa shape index (κ1) is 16.5. The number of aryl methyl sites for hydroxylation is 1. The highest BCUT2D eigenvalue weighted by Crippen LogP contribution is 2.26. The number of unbranched alkanes of at least 4 members (excludes halogenated alkanes) is 1. The van der Waals surface area contributed by atoms with Crippen LogP contribution in [-0.2, 0) is 22.4 Å². The van der Waals surface area contributed by atoms with Gasteiger partial charge in [0.1, 0.15) is 0 Å². The molecule has 22 heavy (non-hydrogen) atoms. The fourth-order valence-corrected chi connectivity index (χ4v) is 2.65. The molecule has 1 aliphatic heterocycles. The van der Waals surface area contributed by atoms with Crippen LogP contribution in [0.15, 0.2) is 24.3 Å². The van der Waals surface area contributed by atoms with Crippen molar-refractivity contribution in [2.45, 2.75) is 44.7 Å². The van der Waals surface area contributed by atoms with Crippen molar-refractivity contribution in [3.63, 3.8) is 0 Å². The Morgan fingerprint density at radius 2 is 1.91 bits per heavy atom. The molecule has 2 rings (SSSR count). The van der Waals surface area contributed by atoms with E-state index in [1.54, 1.807) is 0 Å². The number of carbonyl (C=O) groups excluding carboxylic acids is 1. The number of likely N-dealkylation sites (tertiary alicyclic amines) is 1. The van der Waals surface area contributed by atoms with Crippen molar-refractivity contribution >= 4 is 11.9 Å². The number of carboxylic acid groups (broad SMARTS) is 1. The molecule has 1 aromatic rings. The monoisotopic (exact) mass is 307 g/mol. The number of halogens is 1. The number of hydrogen-bond acceptors (Lipinski definition) is 2. The lowest BCUT2D eigenvalue weighted by Gasteiger charge is -2.17. The van der Waals surface area contributed by atoms with Gasteiger partial charge in [-0.15, -0.1) is 0 Å². The minimum absolute atomic E-state index is 0.135. The Labute approximate surface area is 129 Å². The number of alkyl halides is 1. The third-order valence-electron chi connectivity index (χ3n) is 4.15. The van der Waals surface area contributed by atoms with Crippen LogP contribution in [-0.4, -0.2) is 40.6 Å². The molecule has 1 fully saturated rings. The van der Waals surface area contributed by atoms with Gasteiger partial charge in [-0.2, -0.15) is 0 Å². The van der Waals surface area contributed by atoms with Gasteiger partial charge < -0.3 is 10.0 Å². The van der Waals surface area contributed by atoms with Gasteiger partial charge in [-0.3, -0.25) is 4.79 Å². The Balaban J connectivity index is 1.91. The molecule has 1 unspecified atom stereocenters. The predicted octanol–water partition coefficient (Wildman–Crippen LogP) is 2.60. The number of hydrogen-bond donors (Lipinski definition) is 1. The minimum atomic E-state index is -2.29. The molecular weight excluding hydrogens is 285 g/mol. The van der Waals surface area contributed by atoms with Crippen LogP contribution >= 0.6 is 0 Å². The number of benzene rings is 1. The summed E-state index contributed by atoms with van der Waals surface area (Å²) >= 11 is 0. The van der Waals surface area contributed by atoms with Crippen molar-refractivity contribution in [3.05, 3.63) is 35.4 Å². The number of carbonyl (C=O) groups is 2. The van der Waals surface area contributed by atoms with Gasteiger partial charge >= 0.3 is 5.97 Å². The normalized spacial score (nSPS) is 21.1. The second-order valence-electron chi connectivity index (χ2n) is 5.93. The van der Waals surface area contributed by atoms with Gasteiger partial charge in [-0.1, -0.05) is 37.6 Å². The van der Waals surface area contributed by atoms with Gasteiger partial charge in [0.2, 0.25) is 11.6 Å². The van der Waals surface area contributed by atoms with E-state index in [2.05, 4.69) is 6.92 Å². The van der Waals surface area contributed by atoms with Crippen molar-refractivity contribution in [1.29, 1.82) is 0 Å². The average molecular weight is 307 g/mol. The second-order valence-corrected chi connectivity index (χ2v) is 5.93. The molecule has 0 aromatic heterocycles. The van der Waals surface area contributed by atoms with Crippen LogP contribution in [0.3, 0.4) is 0 Å². The smallest absolute Gasteiger partial charge is 0.343 e. The van der Waals surface area contributed by atoms with Gasteiger partial charge in [0.15, 0.2) is 0 Å². The highest BCUT2D eigenvalue weighted by Gasteiger charge is 2.46. The molecule has 1 aliphatic rings. The number of rotatable bonds is 6. The predicted molar refractivity (Wildman–Crippen MR) is 81.4 cm³/mol. The molecule has 0 radical (unpaired) electrons. The van der Waals surface area contributed by atoms with Crippen LogP contribution in [0.4, 0.5) is 4.39 Å². The molecule has 0 aliphatic carbocycles. The van der Waals surface area contributed by atoms with E-state index >= 15 is 0 Å². The molecule has 120 valence electrons. The molecular formula is C17H22FNO3. The third-order valence-corrected chi connectivity index (χ3v) is 4.15. The van der Waals surface area contributed by atoms with E-state index in [0.717, 1.165) is 24.8 Å². The van der Waals surface area contributed by atoms with Gasteiger partial charge in [0.25, 0.3) is 0 Å². The summed E-state index contributed by atoms with van der Waals surface area (Å²) < 4.78 is 14.0. The van der Waals surface area contributed by atoms with E-state index in [9.17, 15) is 14.0 Å². The first-order chi connectivity index (χ1) is 10.4. The number of aliphatic carboxylic acids is 1. The lowest BCUT2D eigenvalue weighted by Crippen LogP contribution is -2.39. The van der Waals surface area contributed by atoms with E-state index in [1.165, 1.54) is 10.5 Å². The van der Waals surface area contributed by atoms with Crippen molar-refractivity contribution in [1.82, 2.24) is 4.90 Å². The summed E-state index contributed by atoms with van der Waals surface area (Å²) in [6.07, 6.45) is 3.36. The number of nitrogens with zero attached hydrogens (tertiary/aromatic N) is 1. The van der Waals surface area contributed by atoms with Gasteiger partial charge in [-0.25, -0.2) is 9.18 Å². The molecule has 1 heterocycles. The van der Waals surface area contributed by atoms with Gasteiger partial charge in [0.05, 0.1) is 13.0 Å². The standard InChI is InChI=1S/C17H22FNO3/c1-2-3-4-13-5-7-14(8-6-13)11-15(20)19-10-9-17(18,12-19)16(21)22/h5-8H,2-4,9-12H2,1H3,(H,21,22). The van der Waals surface area contributed by atoms with Crippen LogP contribution in [0.25, 0.3) is 0 Å². The Morgan fingerprint density at radius 3 is 2.45 bits per heavy atom. The fourth-order valence-electron chi connectivity index (χ4n) is 2.65. The van der Waals surface area contributed by atoms with Crippen LogP contribution < -0.4 is 0 Å². The van der Waals surface area contributed by atoms with Gasteiger partial charge in [0, 0.05) is 13.0 Å². The molecule has 0 bridgehead atoms. The SMILES string of the molecule is CCCCc1ccc(CC(=O)N2CCC(F)(C(=O)O)C2)cc1. The summed E-state index contributed by atoms with van der Waals surface area (Å²) in [5.74, 6) is -1.70. The van der Waals surface area contributed by atoms with Crippen molar-refractivity contribution in [3.8, 4) is 0 Å². The summed E-state index contributed by atoms with van der Waals surface area (Å²) in [5, 5.41) is 8.85. The van der Waals surface area contributed by atoms with E-state index in [4.69, 9.17) is 5.11 Å². The molecule has 0 spiro atoms. The Kier molecular flexibility index (Phi) is 5.16. The molecule has 1 saturated heterocycles. The maximum atomic E-state index is 14.0. The lowest BCUT2D eigenvalue weighted by molar-refractivity contribution is -0.150. The van der Waals surface area contributed by atoms with Crippen LogP contribution in [0.5, 0.6) is 0 Å². The van der Waals surface area contributed by atoms with E-state index in [-0.39, 0.29) is 31.8 Å². The molecule has 1 amide bonds. The Hall–Kier alpha value is -1.91. The summed E-state index contributed by atoms with van der Waals surface area (Å²) in [4.78, 5) is 24.3. The first-order valence-corrected chi connectivity index (χ1v) is 7.72. The Morgan fingerprint density at radius 1 is 1.27 bits per heavy atom. The molecule has 0 saturated carbocycles. The molecule has 5 heteroatoms. The molecule has 4 nitrogen and oxygen atoms in total. The van der Waals surface area contributed by atoms with Crippen molar-refractivity contribution in [2.75, 3.05) is 13.1 Å². The number of carboxylic acids is 1. The Bertz CT molecular complexity index is 543. The zero-order valence-corrected chi connectivity index (χ0v) is 12.8. The fraction of sp³-hybridized carbons (Fsp3) is 0.529. The highest BCUT2D eigenvalue weighted by atomic mass is 19.1. The van der Waals surface area contributed by atoms with Crippen LogP contribution in [0, 0.1) is 0 Å². The largest absolute Gasteiger partial charge is 0.479 e. The maximum absolute atomic E-state index is 14.0. The van der Waals surface area contributed by atoms with E-state index in [0.29, 0.717) is 0 Å². The maximum Gasteiger partial charge on any atom is 0.343 e. The van der Waals surface area contributed by atoms with Gasteiger partial charge in [-0.05, 0) is 24.0 Å². The zero-order valence-electron chi connectivity index (χ0n) is 12.8. The number of amides is 1. The molecule has 1 N–H and O–H groups in total. The lowest BCUT2D eigenvalue weighted by atomic mass is 10.0.